The molecule has 3 heterocycles. The van der Waals surface area contributed by atoms with Crippen LogP contribution < -0.4 is 0 Å². The van der Waals surface area contributed by atoms with E-state index < -0.39 is 0 Å². The van der Waals surface area contributed by atoms with Gasteiger partial charge in [-0.25, -0.2) is 9.97 Å². The van der Waals surface area contributed by atoms with Crippen LogP contribution >= 0.6 is 0 Å². The van der Waals surface area contributed by atoms with Crippen LogP contribution in [0.3, 0.4) is 0 Å². The SMILES string of the molecule is Cc1nc(CN2CCC[C@@H]2c2nc(-c3ccccc3)n[nH]2)oc1C. The van der Waals surface area contributed by atoms with Gasteiger partial charge in [0.25, 0.3) is 0 Å². The molecule has 1 N–H and O–H groups in total. The van der Waals surface area contributed by atoms with E-state index in [0.717, 1.165) is 53.9 Å². The smallest absolute Gasteiger partial charge is 0.208 e. The Morgan fingerprint density at radius 2 is 2.04 bits per heavy atom. The zero-order valence-electron chi connectivity index (χ0n) is 14.0. The van der Waals surface area contributed by atoms with Gasteiger partial charge in [-0.3, -0.25) is 10.00 Å². The zero-order valence-corrected chi connectivity index (χ0v) is 14.0. The normalized spacial score (nSPS) is 18.3. The minimum atomic E-state index is 0.238. The molecule has 0 saturated carbocycles. The first kappa shape index (κ1) is 15.1. The Kier molecular flexibility index (Phi) is 3.90. The molecule has 0 radical (unpaired) electrons. The highest BCUT2D eigenvalue weighted by atomic mass is 16.4. The second-order valence-corrected chi connectivity index (χ2v) is 6.29. The first-order valence-corrected chi connectivity index (χ1v) is 8.35. The Balaban J connectivity index is 1.53. The minimum absolute atomic E-state index is 0.238. The number of rotatable bonds is 4. The van der Waals surface area contributed by atoms with Crippen LogP contribution in [0.2, 0.25) is 0 Å². The van der Waals surface area contributed by atoms with Gasteiger partial charge >= 0.3 is 0 Å². The molecule has 0 unspecified atom stereocenters. The summed E-state index contributed by atoms with van der Waals surface area (Å²) in [6, 6.07) is 10.3. The van der Waals surface area contributed by atoms with Crippen LogP contribution in [0, 0.1) is 13.8 Å². The fraction of sp³-hybridized carbons (Fsp3) is 0.389. The zero-order chi connectivity index (χ0) is 16.5. The van der Waals surface area contributed by atoms with Crippen molar-refractivity contribution in [2.45, 2.75) is 39.3 Å². The Hall–Kier alpha value is -2.47. The van der Waals surface area contributed by atoms with Crippen molar-refractivity contribution in [2.24, 2.45) is 0 Å². The summed E-state index contributed by atoms with van der Waals surface area (Å²) in [6.07, 6.45) is 2.22. The monoisotopic (exact) mass is 323 g/mol. The van der Waals surface area contributed by atoms with Gasteiger partial charge in [-0.15, -0.1) is 0 Å². The van der Waals surface area contributed by atoms with Gasteiger partial charge < -0.3 is 4.42 Å². The van der Waals surface area contributed by atoms with Crippen LogP contribution in [0.25, 0.3) is 11.4 Å². The molecule has 0 spiro atoms. The Bertz CT molecular complexity index is 804. The number of nitrogens with zero attached hydrogens (tertiary/aromatic N) is 4. The molecule has 124 valence electrons. The van der Waals surface area contributed by atoms with E-state index in [9.17, 15) is 0 Å². The number of nitrogens with one attached hydrogen (secondary N) is 1. The highest BCUT2D eigenvalue weighted by Crippen LogP contribution is 2.32. The number of benzene rings is 1. The van der Waals surface area contributed by atoms with Gasteiger partial charge in [-0.05, 0) is 33.2 Å². The second-order valence-electron chi connectivity index (χ2n) is 6.29. The Labute approximate surface area is 140 Å². The Morgan fingerprint density at radius 3 is 2.79 bits per heavy atom. The highest BCUT2D eigenvalue weighted by Gasteiger charge is 2.30. The lowest BCUT2D eigenvalue weighted by molar-refractivity contribution is 0.215. The highest BCUT2D eigenvalue weighted by molar-refractivity contribution is 5.53. The number of hydrogen-bond acceptors (Lipinski definition) is 5. The third-order valence-corrected chi connectivity index (χ3v) is 4.63. The van der Waals surface area contributed by atoms with Gasteiger partial charge in [-0.1, -0.05) is 30.3 Å². The average Bonchev–Trinajstić information content (AvgIpc) is 3.30. The van der Waals surface area contributed by atoms with Gasteiger partial charge in [0.2, 0.25) is 5.89 Å². The molecule has 1 aromatic carbocycles. The van der Waals surface area contributed by atoms with Gasteiger partial charge in [0.05, 0.1) is 18.3 Å². The van der Waals surface area contributed by atoms with Crippen LogP contribution in [-0.2, 0) is 6.54 Å². The molecule has 1 aliphatic rings. The van der Waals surface area contributed by atoms with Crippen LogP contribution in [0.5, 0.6) is 0 Å². The number of H-pyrrole nitrogens is 1. The molecule has 4 rings (SSSR count). The third kappa shape index (κ3) is 2.85. The maximum atomic E-state index is 5.74. The van der Waals surface area contributed by atoms with Crippen LogP contribution in [0.1, 0.15) is 42.1 Å². The predicted octanol–water partition coefficient (Wildman–Crippen LogP) is 3.41. The van der Waals surface area contributed by atoms with Crippen molar-refractivity contribution in [3.63, 3.8) is 0 Å². The molecule has 1 fully saturated rings. The number of aromatic amines is 1. The molecule has 2 aromatic heterocycles. The van der Waals surface area contributed by atoms with E-state index in [1.165, 1.54) is 0 Å². The lowest BCUT2D eigenvalue weighted by atomic mass is 10.2. The fourth-order valence-electron chi connectivity index (χ4n) is 3.25. The van der Waals surface area contributed by atoms with Crippen molar-refractivity contribution < 1.29 is 4.42 Å². The Morgan fingerprint density at radius 1 is 1.21 bits per heavy atom. The van der Waals surface area contributed by atoms with E-state index in [-0.39, 0.29) is 6.04 Å². The van der Waals surface area contributed by atoms with Crippen LogP contribution in [0.15, 0.2) is 34.7 Å². The summed E-state index contributed by atoms with van der Waals surface area (Å²) in [5, 5.41) is 7.51. The summed E-state index contributed by atoms with van der Waals surface area (Å²) >= 11 is 0. The number of hydrogen-bond donors (Lipinski definition) is 1. The van der Waals surface area contributed by atoms with Crippen molar-refractivity contribution >= 4 is 0 Å². The fourth-order valence-corrected chi connectivity index (χ4v) is 3.25. The molecule has 6 nitrogen and oxygen atoms in total. The third-order valence-electron chi connectivity index (χ3n) is 4.63. The molecule has 1 aliphatic heterocycles. The molecule has 0 aliphatic carbocycles. The van der Waals surface area contributed by atoms with Gasteiger partial charge in [0.1, 0.15) is 11.6 Å². The van der Waals surface area contributed by atoms with Crippen molar-refractivity contribution in [3.8, 4) is 11.4 Å². The maximum Gasteiger partial charge on any atom is 0.208 e. The van der Waals surface area contributed by atoms with E-state index in [2.05, 4.69) is 20.1 Å². The average molecular weight is 323 g/mol. The topological polar surface area (TPSA) is 70.8 Å². The lowest BCUT2D eigenvalue weighted by Crippen LogP contribution is -2.23. The van der Waals surface area contributed by atoms with Crippen LogP contribution in [-0.4, -0.2) is 31.6 Å². The van der Waals surface area contributed by atoms with Crippen LogP contribution in [0.4, 0.5) is 0 Å². The van der Waals surface area contributed by atoms with Gasteiger partial charge in [-0.2, -0.15) is 5.10 Å². The van der Waals surface area contributed by atoms with Crippen molar-refractivity contribution in [1.82, 2.24) is 25.1 Å². The molecule has 0 bridgehead atoms. The maximum absolute atomic E-state index is 5.74. The molecule has 6 heteroatoms. The van der Waals surface area contributed by atoms with Gasteiger partial charge in [0.15, 0.2) is 5.82 Å². The number of likely N-dealkylation sites (tertiary alicyclic amines) is 1. The van der Waals surface area contributed by atoms with E-state index in [0.29, 0.717) is 6.54 Å². The molecule has 24 heavy (non-hydrogen) atoms. The largest absolute Gasteiger partial charge is 0.444 e. The number of aromatic nitrogens is 4. The predicted molar refractivity (Wildman–Crippen MR) is 90.2 cm³/mol. The summed E-state index contributed by atoms with van der Waals surface area (Å²) in [4.78, 5) is 11.6. The molecular weight excluding hydrogens is 302 g/mol. The molecule has 1 atom stereocenters. The van der Waals surface area contributed by atoms with Crippen molar-refractivity contribution in [1.29, 1.82) is 0 Å². The first-order valence-electron chi connectivity index (χ1n) is 8.35. The minimum Gasteiger partial charge on any atom is -0.444 e. The summed E-state index contributed by atoms with van der Waals surface area (Å²) in [5.41, 5.74) is 2.00. The first-order chi connectivity index (χ1) is 11.7. The summed E-state index contributed by atoms with van der Waals surface area (Å²) in [6.45, 7) is 5.66. The number of aryl methyl sites for hydroxylation is 2. The van der Waals surface area contributed by atoms with E-state index >= 15 is 0 Å². The quantitative estimate of drug-likeness (QED) is 0.796. The molecule has 3 aromatic rings. The standard InChI is InChI=1S/C18H21N5O/c1-12-13(2)24-16(19-12)11-23-10-6-9-15(23)18-20-17(21-22-18)14-7-4-3-5-8-14/h3-5,7-8,15H,6,9-11H2,1-2H3,(H,20,21,22)/t15-/m1/s1. The molecule has 1 saturated heterocycles. The van der Waals surface area contributed by atoms with E-state index in [1.807, 2.05) is 44.2 Å². The summed E-state index contributed by atoms with van der Waals surface area (Å²) in [7, 11) is 0. The van der Waals surface area contributed by atoms with Crippen molar-refractivity contribution in [3.05, 3.63) is 53.5 Å². The molecule has 0 amide bonds. The summed E-state index contributed by atoms with van der Waals surface area (Å²) < 4.78 is 5.74. The molecular formula is C18H21N5O. The van der Waals surface area contributed by atoms with Crippen molar-refractivity contribution in [2.75, 3.05) is 6.54 Å². The number of oxazole rings is 1. The van der Waals surface area contributed by atoms with Gasteiger partial charge in [0, 0.05) is 5.56 Å². The second kappa shape index (κ2) is 6.20. The van der Waals surface area contributed by atoms with E-state index in [4.69, 9.17) is 9.40 Å². The summed E-state index contributed by atoms with van der Waals surface area (Å²) in [5.74, 6) is 3.35. The van der Waals surface area contributed by atoms with E-state index in [1.54, 1.807) is 0 Å². The lowest BCUT2D eigenvalue weighted by Gasteiger charge is -2.20.